The summed E-state index contributed by atoms with van der Waals surface area (Å²) in [6.45, 7) is 0. The Balaban J connectivity index is 0.000000168. The number of fused-ring (bicyclic) bond motifs is 2. The lowest BCUT2D eigenvalue weighted by Crippen LogP contribution is -2.09. The molecule has 4 heterocycles. The minimum absolute atomic E-state index is 0.0826. The van der Waals surface area contributed by atoms with E-state index in [1.807, 2.05) is 0 Å². The molecule has 0 aliphatic carbocycles. The van der Waals surface area contributed by atoms with E-state index in [2.05, 4.69) is 20.2 Å². The average Bonchev–Trinajstić information content (AvgIpc) is 3.70. The molecule has 18 heteroatoms. The molecule has 0 saturated carbocycles. The van der Waals surface area contributed by atoms with Crippen molar-refractivity contribution in [2.75, 3.05) is 12.0 Å². The molecular weight excluding hydrogens is 620 g/mol. The lowest BCUT2D eigenvalue weighted by Gasteiger charge is -2.12. The zero-order valence-electron chi connectivity index (χ0n) is 20.9. The first-order chi connectivity index (χ1) is 20.0. The second-order valence-electron chi connectivity index (χ2n) is 9.15. The SMILES string of the molecule is O=[S@@](CF)c1nc2n(n1)[C@H](c1cc(F)cc(F)c1)C[C@@H]2F.O=[S@](CF)c1nc2n(n1)[C@H](c1cc(F)cc(F)c1)C[C@@H]2F. The van der Waals surface area contributed by atoms with Gasteiger partial charge < -0.3 is 0 Å². The van der Waals surface area contributed by atoms with Crippen LogP contribution in [-0.4, -0.2) is 50.0 Å². The van der Waals surface area contributed by atoms with Crippen molar-refractivity contribution in [2.24, 2.45) is 0 Å². The number of nitrogens with zero attached hydrogens (tertiary/aromatic N) is 6. The van der Waals surface area contributed by atoms with Crippen LogP contribution in [0.15, 0.2) is 46.7 Å². The number of aromatic nitrogens is 6. The molecule has 6 rings (SSSR count). The van der Waals surface area contributed by atoms with Crippen molar-refractivity contribution in [3.63, 3.8) is 0 Å². The van der Waals surface area contributed by atoms with Gasteiger partial charge in [-0.25, -0.2) is 62.9 Å². The highest BCUT2D eigenvalue weighted by atomic mass is 32.2. The number of alkyl halides is 4. The lowest BCUT2D eigenvalue weighted by molar-refractivity contribution is 0.326. The van der Waals surface area contributed by atoms with E-state index >= 15 is 0 Å². The Morgan fingerprint density at radius 1 is 0.643 bits per heavy atom. The van der Waals surface area contributed by atoms with E-state index in [1.165, 1.54) is 0 Å². The summed E-state index contributed by atoms with van der Waals surface area (Å²) in [7, 11) is -4.13. The van der Waals surface area contributed by atoms with Gasteiger partial charge >= 0.3 is 0 Å². The Morgan fingerprint density at radius 3 is 1.29 bits per heavy atom. The molecule has 0 fully saturated rings. The maximum atomic E-state index is 13.9. The highest BCUT2D eigenvalue weighted by Crippen LogP contribution is 2.41. The number of rotatable bonds is 6. The van der Waals surface area contributed by atoms with Crippen molar-refractivity contribution >= 4 is 21.6 Å². The summed E-state index contributed by atoms with van der Waals surface area (Å²) in [5.74, 6) is -3.38. The van der Waals surface area contributed by atoms with Crippen LogP contribution >= 0.6 is 0 Å². The van der Waals surface area contributed by atoms with E-state index in [9.17, 15) is 43.5 Å². The molecule has 2 aromatic heterocycles. The van der Waals surface area contributed by atoms with Crippen LogP contribution in [0, 0.1) is 23.3 Å². The van der Waals surface area contributed by atoms with Crippen LogP contribution in [0.4, 0.5) is 35.1 Å². The molecule has 0 amide bonds. The molecule has 2 aliphatic heterocycles. The van der Waals surface area contributed by atoms with E-state index < -0.39 is 81.3 Å². The van der Waals surface area contributed by atoms with Crippen molar-refractivity contribution in [3.8, 4) is 0 Å². The summed E-state index contributed by atoms with van der Waals surface area (Å²) < 4.78 is 131. The first-order valence-corrected chi connectivity index (χ1v) is 14.6. The third kappa shape index (κ3) is 5.86. The van der Waals surface area contributed by atoms with E-state index in [1.54, 1.807) is 0 Å². The van der Waals surface area contributed by atoms with E-state index in [0.29, 0.717) is 12.1 Å². The Morgan fingerprint density at radius 2 is 0.976 bits per heavy atom. The monoisotopic (exact) mass is 638 g/mol. The van der Waals surface area contributed by atoms with Gasteiger partial charge in [-0.3, -0.25) is 0 Å². The van der Waals surface area contributed by atoms with Crippen LogP contribution in [0.5, 0.6) is 0 Å². The van der Waals surface area contributed by atoms with Gasteiger partial charge in [0.2, 0.25) is 10.3 Å². The fourth-order valence-corrected chi connectivity index (χ4v) is 5.64. The van der Waals surface area contributed by atoms with Crippen LogP contribution < -0.4 is 0 Å². The summed E-state index contributed by atoms with van der Waals surface area (Å²) in [6.07, 6.45) is -3.19. The van der Waals surface area contributed by atoms with Crippen molar-refractivity contribution in [2.45, 2.75) is 47.6 Å². The maximum absolute atomic E-state index is 13.9. The number of halogens is 8. The molecule has 0 spiro atoms. The van der Waals surface area contributed by atoms with E-state index in [4.69, 9.17) is 0 Å². The number of hydrogen-bond donors (Lipinski definition) is 0. The van der Waals surface area contributed by atoms with Gasteiger partial charge in [0, 0.05) is 25.0 Å². The third-order valence-electron chi connectivity index (χ3n) is 6.43. The summed E-state index contributed by atoms with van der Waals surface area (Å²) in [5, 5.41) is 6.97. The molecular formula is C24H18F8N6O2S2. The van der Waals surface area contributed by atoms with E-state index in [-0.39, 0.29) is 45.9 Å². The van der Waals surface area contributed by atoms with Gasteiger partial charge in [0.1, 0.15) is 44.9 Å². The van der Waals surface area contributed by atoms with Crippen LogP contribution in [0.1, 0.15) is 60.0 Å². The largest absolute Gasteiger partial charge is 0.248 e. The van der Waals surface area contributed by atoms with Gasteiger partial charge in [0.25, 0.3) is 0 Å². The fourth-order valence-electron chi connectivity index (χ4n) is 4.70. The molecule has 42 heavy (non-hydrogen) atoms. The van der Waals surface area contributed by atoms with Gasteiger partial charge in [-0.15, -0.1) is 10.2 Å². The summed E-state index contributed by atoms with van der Waals surface area (Å²) in [4.78, 5) is 7.42. The van der Waals surface area contributed by atoms with Gasteiger partial charge in [-0.1, -0.05) is 0 Å². The van der Waals surface area contributed by atoms with Crippen molar-refractivity contribution in [3.05, 3.63) is 82.4 Å². The first-order valence-electron chi connectivity index (χ1n) is 12.0. The zero-order chi connectivity index (χ0) is 30.3. The molecule has 6 atom stereocenters. The topological polar surface area (TPSA) is 95.6 Å². The Kier molecular flexibility index (Phi) is 8.54. The lowest BCUT2D eigenvalue weighted by atomic mass is 10.0. The van der Waals surface area contributed by atoms with Crippen molar-refractivity contribution in [1.82, 2.24) is 29.5 Å². The fraction of sp³-hybridized carbons (Fsp3) is 0.333. The molecule has 0 N–H and O–H groups in total. The van der Waals surface area contributed by atoms with Gasteiger partial charge in [0.15, 0.2) is 36.0 Å². The van der Waals surface area contributed by atoms with Crippen molar-refractivity contribution < 1.29 is 43.5 Å². The number of hydrogen-bond acceptors (Lipinski definition) is 6. The Hall–Kier alpha value is -3.54. The molecule has 224 valence electrons. The molecule has 0 bridgehead atoms. The highest BCUT2D eigenvalue weighted by molar-refractivity contribution is 7.84. The van der Waals surface area contributed by atoms with Crippen molar-refractivity contribution in [1.29, 1.82) is 0 Å². The molecule has 4 aromatic rings. The minimum atomic E-state index is -2.07. The zero-order valence-corrected chi connectivity index (χ0v) is 22.6. The molecule has 0 unspecified atom stereocenters. The smallest absolute Gasteiger partial charge is 0.241 e. The second kappa shape index (κ2) is 12.0. The van der Waals surface area contributed by atoms with E-state index in [0.717, 1.165) is 33.6 Å². The van der Waals surface area contributed by atoms with Crippen LogP contribution in [-0.2, 0) is 21.6 Å². The summed E-state index contributed by atoms with van der Waals surface area (Å²) >= 11 is 0. The normalized spacial score (nSPS) is 22.3. The average molecular weight is 639 g/mol. The van der Waals surface area contributed by atoms with Crippen LogP contribution in [0.3, 0.4) is 0 Å². The van der Waals surface area contributed by atoms with Gasteiger partial charge in [-0.2, -0.15) is 0 Å². The second-order valence-corrected chi connectivity index (χ2v) is 11.7. The molecule has 0 saturated heterocycles. The van der Waals surface area contributed by atoms with Gasteiger partial charge in [-0.05, 0) is 35.4 Å². The standard InChI is InChI=1S/2C12H9F4N3OS/c2*13-5-21(20)12-17-11-9(16)4-10(19(11)18-12)6-1-7(14)3-8(15)2-6/h2*1-3,9-10H,4-5H2/t9-,10-,21+;9-,10-,21-/m00/s1. The predicted molar refractivity (Wildman–Crippen MR) is 131 cm³/mol. The maximum Gasteiger partial charge on any atom is 0.241 e. The summed E-state index contributed by atoms with van der Waals surface area (Å²) in [5.41, 5.74) is 0.382. The van der Waals surface area contributed by atoms with Crippen LogP contribution in [0.2, 0.25) is 0 Å². The number of benzene rings is 2. The Bertz CT molecular complexity index is 1520. The quantitative estimate of drug-likeness (QED) is 0.270. The summed E-state index contributed by atoms with van der Waals surface area (Å²) in [6, 6.07) is 1.81. The first kappa shape index (κ1) is 29.9. The van der Waals surface area contributed by atoms with Crippen LogP contribution in [0.25, 0.3) is 0 Å². The molecule has 2 aromatic carbocycles. The predicted octanol–water partition coefficient (Wildman–Crippen LogP) is 5.19. The Labute approximate surface area is 236 Å². The molecule has 2 aliphatic rings. The highest BCUT2D eigenvalue weighted by Gasteiger charge is 2.38. The third-order valence-corrected chi connectivity index (χ3v) is 7.99. The van der Waals surface area contributed by atoms with Gasteiger partial charge in [0.05, 0.1) is 12.1 Å². The molecule has 0 radical (unpaired) electrons. The molecule has 8 nitrogen and oxygen atoms in total. The minimum Gasteiger partial charge on any atom is -0.248 e.